The van der Waals surface area contributed by atoms with Crippen molar-refractivity contribution < 1.29 is 31.1 Å². The van der Waals surface area contributed by atoms with Gasteiger partial charge in [-0.05, 0) is 48.7 Å². The summed E-state index contributed by atoms with van der Waals surface area (Å²) in [4.78, 5) is 25.3. The Morgan fingerprint density at radius 2 is 1.69 bits per heavy atom. The van der Waals surface area contributed by atoms with Crippen molar-refractivity contribution in [3.63, 3.8) is 0 Å². The van der Waals surface area contributed by atoms with E-state index in [-0.39, 0.29) is 6.04 Å². The third kappa shape index (κ3) is 5.37. The highest BCUT2D eigenvalue weighted by molar-refractivity contribution is 6.30. The Kier molecular flexibility index (Phi) is 6.43. The van der Waals surface area contributed by atoms with Crippen molar-refractivity contribution in [1.29, 1.82) is 0 Å². The minimum absolute atomic E-state index is 0.0931. The van der Waals surface area contributed by atoms with Crippen molar-refractivity contribution in [3.8, 4) is 11.4 Å². The van der Waals surface area contributed by atoms with Crippen LogP contribution in [0.15, 0.2) is 47.3 Å². The van der Waals surface area contributed by atoms with Gasteiger partial charge >= 0.3 is 18.0 Å². The molecule has 3 aromatic rings. The van der Waals surface area contributed by atoms with Gasteiger partial charge < -0.3 is 5.32 Å². The number of hydrogen-bond donors (Lipinski definition) is 1. The molecule has 1 amide bonds. The molecule has 0 radical (unpaired) electrons. The molecule has 2 aromatic carbocycles. The first-order valence-electron chi connectivity index (χ1n) is 10.3. The summed E-state index contributed by atoms with van der Waals surface area (Å²) in [5.41, 5.74) is -4.46. The molecule has 0 unspecified atom stereocenters. The van der Waals surface area contributed by atoms with E-state index in [0.29, 0.717) is 22.5 Å². The summed E-state index contributed by atoms with van der Waals surface area (Å²) in [5.74, 6) is -0.583. The van der Waals surface area contributed by atoms with Crippen LogP contribution < -0.4 is 11.0 Å². The number of nitrogens with zero attached hydrogens (tertiary/aromatic N) is 3. The lowest BCUT2D eigenvalue weighted by Gasteiger charge is -2.19. The molecular formula is C22H17ClF6N4O2. The molecule has 0 bridgehead atoms. The summed E-state index contributed by atoms with van der Waals surface area (Å²) in [6.07, 6.45) is -9.03. The summed E-state index contributed by atoms with van der Waals surface area (Å²) in [6.45, 7) is -1.45. The fraction of sp³-hybridized carbons (Fsp3) is 0.318. The van der Waals surface area contributed by atoms with Crippen molar-refractivity contribution in [2.45, 2.75) is 44.3 Å². The van der Waals surface area contributed by atoms with Gasteiger partial charge in [-0.3, -0.25) is 9.36 Å². The monoisotopic (exact) mass is 518 g/mol. The van der Waals surface area contributed by atoms with Crippen LogP contribution in [0.25, 0.3) is 11.4 Å². The largest absolute Gasteiger partial charge is 0.417 e. The van der Waals surface area contributed by atoms with Crippen LogP contribution in [0.4, 0.5) is 26.3 Å². The highest BCUT2D eigenvalue weighted by Crippen LogP contribution is 2.42. The van der Waals surface area contributed by atoms with Crippen LogP contribution in [0.1, 0.15) is 35.6 Å². The molecule has 4 rings (SSSR count). The molecule has 1 aliphatic carbocycles. The van der Waals surface area contributed by atoms with E-state index in [2.05, 4.69) is 10.4 Å². The molecule has 0 spiro atoms. The van der Waals surface area contributed by atoms with Crippen molar-refractivity contribution in [2.24, 2.45) is 0 Å². The first-order valence-corrected chi connectivity index (χ1v) is 10.7. The number of nitrogens with one attached hydrogen (secondary N) is 1. The second-order valence-corrected chi connectivity index (χ2v) is 8.42. The summed E-state index contributed by atoms with van der Waals surface area (Å²) in [6, 6.07) is 8.44. The van der Waals surface area contributed by atoms with E-state index in [1.165, 1.54) is 4.57 Å². The third-order valence-corrected chi connectivity index (χ3v) is 5.65. The van der Waals surface area contributed by atoms with Crippen molar-refractivity contribution in [1.82, 2.24) is 19.7 Å². The van der Waals surface area contributed by atoms with Crippen LogP contribution in [0.5, 0.6) is 0 Å². The number of alkyl halides is 6. The number of amides is 1. The molecule has 35 heavy (non-hydrogen) atoms. The van der Waals surface area contributed by atoms with E-state index in [0.717, 1.165) is 29.7 Å². The SMILES string of the molecule is O=C(Cn1nc(-c2ccc(Cl)cc2)n(C2CC2)c1=O)NCc1cccc(C(F)(F)F)c1C(F)(F)F. The molecule has 1 aromatic heterocycles. The second-order valence-electron chi connectivity index (χ2n) is 7.98. The molecule has 1 N–H and O–H groups in total. The molecule has 0 saturated heterocycles. The highest BCUT2D eigenvalue weighted by Gasteiger charge is 2.44. The van der Waals surface area contributed by atoms with Crippen molar-refractivity contribution in [2.75, 3.05) is 0 Å². The van der Waals surface area contributed by atoms with Crippen molar-refractivity contribution >= 4 is 17.5 Å². The highest BCUT2D eigenvalue weighted by atomic mass is 35.5. The molecule has 0 atom stereocenters. The summed E-state index contributed by atoms with van der Waals surface area (Å²) >= 11 is 5.90. The van der Waals surface area contributed by atoms with Crippen molar-refractivity contribution in [3.05, 3.63) is 74.7 Å². The zero-order valence-electron chi connectivity index (χ0n) is 17.8. The van der Waals surface area contributed by atoms with Crippen LogP contribution in [0, 0.1) is 0 Å². The molecule has 1 aliphatic rings. The van der Waals surface area contributed by atoms with Gasteiger partial charge in [0.15, 0.2) is 5.82 Å². The molecule has 0 aliphatic heterocycles. The maximum atomic E-state index is 13.4. The Labute approximate surface area is 199 Å². The van der Waals surface area contributed by atoms with E-state index < -0.39 is 53.7 Å². The number of carbonyl (C=O) groups is 1. The Bertz CT molecular complexity index is 1310. The average molecular weight is 519 g/mol. The third-order valence-electron chi connectivity index (χ3n) is 5.39. The number of carbonyl (C=O) groups excluding carboxylic acids is 1. The first-order chi connectivity index (χ1) is 16.4. The Balaban J connectivity index is 1.56. The standard InChI is InChI=1S/C22H17ClF6N4O2/c23-14-6-4-12(5-7-14)19-31-32(20(35)33(19)15-8-9-15)11-17(34)30-10-13-2-1-3-16(21(24,25)26)18(13)22(27,28)29/h1-7,15H,8-11H2,(H,30,34). The van der Waals surface area contributed by atoms with Gasteiger partial charge in [0.05, 0.1) is 11.1 Å². The predicted molar refractivity (Wildman–Crippen MR) is 113 cm³/mol. The number of rotatable bonds is 6. The number of aromatic nitrogens is 3. The zero-order valence-corrected chi connectivity index (χ0v) is 18.5. The van der Waals surface area contributed by atoms with E-state index in [1.54, 1.807) is 24.3 Å². The smallest absolute Gasteiger partial charge is 0.350 e. The van der Waals surface area contributed by atoms with Gasteiger partial charge in [0.2, 0.25) is 5.91 Å². The maximum Gasteiger partial charge on any atom is 0.417 e. The van der Waals surface area contributed by atoms with Gasteiger partial charge in [0.25, 0.3) is 0 Å². The molecule has 13 heteroatoms. The Morgan fingerprint density at radius 1 is 1.03 bits per heavy atom. The topological polar surface area (TPSA) is 68.9 Å². The second kappa shape index (κ2) is 9.06. The summed E-state index contributed by atoms with van der Waals surface area (Å²) in [5, 5.41) is 6.83. The number of hydrogen-bond acceptors (Lipinski definition) is 3. The van der Waals surface area contributed by atoms with E-state index in [9.17, 15) is 35.9 Å². The molecular weight excluding hydrogens is 502 g/mol. The lowest BCUT2D eigenvalue weighted by molar-refractivity contribution is -0.162. The van der Waals surface area contributed by atoms with Crippen LogP contribution in [-0.4, -0.2) is 20.3 Å². The summed E-state index contributed by atoms with van der Waals surface area (Å²) < 4.78 is 81.9. The average Bonchev–Trinajstić information content (AvgIpc) is 3.55. The summed E-state index contributed by atoms with van der Waals surface area (Å²) in [7, 11) is 0. The lowest BCUT2D eigenvalue weighted by Crippen LogP contribution is -2.34. The van der Waals surface area contributed by atoms with Crippen LogP contribution >= 0.6 is 11.6 Å². The Hall–Kier alpha value is -3.28. The number of halogens is 7. The molecule has 1 fully saturated rings. The van der Waals surface area contributed by atoms with Crippen LogP contribution in [0.3, 0.4) is 0 Å². The predicted octanol–water partition coefficient (Wildman–Crippen LogP) is 5.05. The molecule has 1 heterocycles. The van der Waals surface area contributed by atoms with E-state index in [4.69, 9.17) is 11.6 Å². The van der Waals surface area contributed by atoms with E-state index in [1.807, 2.05) is 0 Å². The van der Waals surface area contributed by atoms with Gasteiger partial charge in [-0.15, -0.1) is 5.10 Å². The molecule has 1 saturated carbocycles. The zero-order chi connectivity index (χ0) is 25.5. The van der Waals surface area contributed by atoms with Gasteiger partial charge in [-0.25, -0.2) is 9.48 Å². The number of benzene rings is 2. The minimum Gasteiger partial charge on any atom is -0.350 e. The van der Waals surface area contributed by atoms with Gasteiger partial charge in [0, 0.05) is 23.2 Å². The first kappa shape index (κ1) is 24.8. The minimum atomic E-state index is -5.29. The maximum absolute atomic E-state index is 13.4. The van der Waals surface area contributed by atoms with Gasteiger partial charge in [0.1, 0.15) is 6.54 Å². The van der Waals surface area contributed by atoms with Crippen LogP contribution in [0.2, 0.25) is 5.02 Å². The van der Waals surface area contributed by atoms with Gasteiger partial charge in [-0.1, -0.05) is 23.7 Å². The molecule has 186 valence electrons. The lowest BCUT2D eigenvalue weighted by atomic mass is 10.00. The Morgan fingerprint density at radius 3 is 2.26 bits per heavy atom. The normalized spacial score (nSPS) is 14.3. The fourth-order valence-electron chi connectivity index (χ4n) is 3.69. The molecule has 6 nitrogen and oxygen atoms in total. The van der Waals surface area contributed by atoms with E-state index >= 15 is 0 Å². The van der Waals surface area contributed by atoms with Crippen LogP contribution in [-0.2, 0) is 30.2 Å². The fourth-order valence-corrected chi connectivity index (χ4v) is 3.81. The quantitative estimate of drug-likeness (QED) is 0.464. The van der Waals surface area contributed by atoms with Gasteiger partial charge in [-0.2, -0.15) is 26.3 Å².